The smallest absolute Gasteiger partial charge is 0.183 e. The number of ether oxygens (including phenoxy) is 1. The fraction of sp³-hybridized carbons (Fsp3) is 0.409. The minimum absolute atomic E-state index is 0. The zero-order valence-corrected chi connectivity index (χ0v) is 21.0. The summed E-state index contributed by atoms with van der Waals surface area (Å²) < 4.78 is 19.8. The summed E-state index contributed by atoms with van der Waals surface area (Å²) in [6, 6.07) is 14.5. The predicted molar refractivity (Wildman–Crippen MR) is 134 cm³/mol. The normalized spacial score (nSPS) is 14.7. The van der Waals surface area contributed by atoms with E-state index in [0.717, 1.165) is 49.0 Å². The van der Waals surface area contributed by atoms with Crippen molar-refractivity contribution in [2.24, 2.45) is 5.92 Å². The maximum absolute atomic E-state index is 12.9. The molecule has 1 saturated heterocycles. The highest BCUT2D eigenvalue weighted by atomic mass is 79.9. The molecule has 4 nitrogen and oxygen atoms in total. The van der Waals surface area contributed by atoms with Gasteiger partial charge in [0.25, 0.3) is 0 Å². The zero-order chi connectivity index (χ0) is 19.2. The van der Waals surface area contributed by atoms with E-state index >= 15 is 0 Å². The molecule has 4 rings (SSSR count). The van der Waals surface area contributed by atoms with Crippen LogP contribution in [0.2, 0.25) is 0 Å². The van der Waals surface area contributed by atoms with Gasteiger partial charge in [0.05, 0.1) is 16.8 Å². The van der Waals surface area contributed by atoms with Crippen LogP contribution >= 0.6 is 45.3 Å². The Labute approximate surface area is 202 Å². The fourth-order valence-electron chi connectivity index (χ4n) is 3.60. The van der Waals surface area contributed by atoms with Gasteiger partial charge in [-0.1, -0.05) is 23.5 Å². The molecule has 2 heterocycles. The van der Waals surface area contributed by atoms with Gasteiger partial charge in [-0.3, -0.25) is 0 Å². The van der Waals surface area contributed by atoms with Crippen LogP contribution in [-0.2, 0) is 0 Å². The third-order valence-corrected chi connectivity index (χ3v) is 6.24. The minimum Gasteiger partial charge on any atom is -0.494 e. The third-order valence-electron chi connectivity index (χ3n) is 5.24. The van der Waals surface area contributed by atoms with Crippen LogP contribution in [0, 0.1) is 11.7 Å². The molecule has 3 aromatic rings. The van der Waals surface area contributed by atoms with Crippen molar-refractivity contribution in [2.75, 3.05) is 38.1 Å². The summed E-state index contributed by atoms with van der Waals surface area (Å²) in [6.07, 6.45) is 3.43. The van der Waals surface area contributed by atoms with Crippen LogP contribution in [0.25, 0.3) is 10.2 Å². The van der Waals surface area contributed by atoms with Crippen molar-refractivity contribution >= 4 is 60.6 Å². The molecule has 1 aromatic heterocycles. The zero-order valence-electron chi connectivity index (χ0n) is 16.8. The number of aromatic nitrogens is 1. The van der Waals surface area contributed by atoms with Gasteiger partial charge in [0, 0.05) is 13.1 Å². The Hall–Kier alpha value is -1.22. The third kappa shape index (κ3) is 7.18. The molecule has 0 unspecified atom stereocenters. The lowest BCUT2D eigenvalue weighted by Gasteiger charge is -2.31. The van der Waals surface area contributed by atoms with Gasteiger partial charge in [-0.15, -0.1) is 34.0 Å². The molecule has 0 aliphatic carbocycles. The number of fused-ring (bicyclic) bond motifs is 1. The molecule has 0 spiro atoms. The van der Waals surface area contributed by atoms with Gasteiger partial charge in [-0.25, -0.2) is 9.37 Å². The van der Waals surface area contributed by atoms with E-state index in [-0.39, 0.29) is 39.8 Å². The summed E-state index contributed by atoms with van der Waals surface area (Å²) in [6.45, 7) is 5.01. The van der Waals surface area contributed by atoms with Crippen LogP contribution < -0.4 is 10.1 Å². The Morgan fingerprint density at radius 2 is 1.80 bits per heavy atom. The first-order chi connectivity index (χ1) is 13.8. The second-order valence-electron chi connectivity index (χ2n) is 7.31. The first kappa shape index (κ1) is 25.0. The Bertz CT molecular complexity index is 852. The lowest BCUT2D eigenvalue weighted by atomic mass is 9.97. The van der Waals surface area contributed by atoms with E-state index in [9.17, 15) is 4.39 Å². The molecule has 0 bridgehead atoms. The Morgan fingerprint density at radius 3 is 2.53 bits per heavy atom. The lowest BCUT2D eigenvalue weighted by Crippen LogP contribution is -2.36. The number of benzene rings is 2. The standard InChI is InChI=1S/C22H26FN3OS.2BrH/c23-18-6-8-19(9-7-18)27-15-3-12-26-13-10-17(11-14-26)16-24-22-25-20-4-1-2-5-21(20)28-22;;/h1-2,4-9,17H,3,10-16H2,(H,24,25);2*1H. The number of para-hydroxylation sites is 1. The van der Waals surface area contributed by atoms with Crippen LogP contribution in [0.3, 0.4) is 0 Å². The molecule has 2 aromatic carbocycles. The minimum atomic E-state index is -0.229. The van der Waals surface area contributed by atoms with Gasteiger partial charge in [-0.05, 0) is 74.7 Å². The van der Waals surface area contributed by atoms with Gasteiger partial charge in [0.15, 0.2) is 5.13 Å². The van der Waals surface area contributed by atoms with Crippen molar-refractivity contribution in [2.45, 2.75) is 19.3 Å². The molecule has 164 valence electrons. The van der Waals surface area contributed by atoms with Crippen LogP contribution in [0.1, 0.15) is 19.3 Å². The first-order valence-corrected chi connectivity index (χ1v) is 10.8. The van der Waals surface area contributed by atoms with Crippen LogP contribution in [0.4, 0.5) is 9.52 Å². The topological polar surface area (TPSA) is 37.4 Å². The Kier molecular flexibility index (Phi) is 10.5. The van der Waals surface area contributed by atoms with Gasteiger partial charge >= 0.3 is 0 Å². The number of hydrogen-bond acceptors (Lipinski definition) is 5. The Balaban J connectivity index is 0.00000160. The number of thiazole rings is 1. The second kappa shape index (κ2) is 12.6. The number of likely N-dealkylation sites (tertiary alicyclic amines) is 1. The number of anilines is 1. The van der Waals surface area contributed by atoms with E-state index in [0.29, 0.717) is 12.5 Å². The maximum Gasteiger partial charge on any atom is 0.183 e. The SMILES string of the molecule is Br.Br.Fc1ccc(OCCCN2CCC(CNc3nc4ccccc4s3)CC2)cc1. The van der Waals surface area contributed by atoms with E-state index in [2.05, 4.69) is 33.4 Å². The number of piperidine rings is 1. The average molecular weight is 561 g/mol. The highest BCUT2D eigenvalue weighted by Gasteiger charge is 2.19. The molecule has 0 saturated carbocycles. The monoisotopic (exact) mass is 559 g/mol. The summed E-state index contributed by atoms with van der Waals surface area (Å²) in [5.74, 6) is 1.22. The number of nitrogens with zero attached hydrogens (tertiary/aromatic N) is 2. The second-order valence-corrected chi connectivity index (χ2v) is 8.34. The average Bonchev–Trinajstić information content (AvgIpc) is 3.15. The van der Waals surface area contributed by atoms with Crippen molar-refractivity contribution in [1.29, 1.82) is 0 Å². The van der Waals surface area contributed by atoms with Crippen molar-refractivity contribution in [1.82, 2.24) is 9.88 Å². The first-order valence-electron chi connectivity index (χ1n) is 9.96. The molecule has 0 radical (unpaired) electrons. The van der Waals surface area contributed by atoms with Gasteiger partial charge in [0.1, 0.15) is 11.6 Å². The molecule has 30 heavy (non-hydrogen) atoms. The fourth-order valence-corrected chi connectivity index (χ4v) is 4.48. The molecule has 0 amide bonds. The molecule has 1 aliphatic rings. The number of hydrogen-bond donors (Lipinski definition) is 1. The summed E-state index contributed by atoms with van der Waals surface area (Å²) in [5, 5.41) is 4.56. The maximum atomic E-state index is 12.9. The van der Waals surface area contributed by atoms with Crippen LogP contribution in [0.5, 0.6) is 5.75 Å². The lowest BCUT2D eigenvalue weighted by molar-refractivity contribution is 0.175. The highest BCUT2D eigenvalue weighted by molar-refractivity contribution is 8.93. The van der Waals surface area contributed by atoms with Crippen molar-refractivity contribution < 1.29 is 9.13 Å². The molecule has 1 fully saturated rings. The van der Waals surface area contributed by atoms with Crippen molar-refractivity contribution in [3.05, 3.63) is 54.3 Å². The van der Waals surface area contributed by atoms with E-state index in [1.54, 1.807) is 23.5 Å². The largest absolute Gasteiger partial charge is 0.494 e. The van der Waals surface area contributed by atoms with Crippen LogP contribution in [0.15, 0.2) is 48.5 Å². The van der Waals surface area contributed by atoms with Crippen molar-refractivity contribution in [3.63, 3.8) is 0 Å². The molecule has 1 aliphatic heterocycles. The molecular formula is C22H28Br2FN3OS. The molecular weight excluding hydrogens is 533 g/mol. The number of rotatable bonds is 8. The van der Waals surface area contributed by atoms with Crippen LogP contribution in [-0.4, -0.2) is 42.7 Å². The number of halogens is 3. The van der Waals surface area contributed by atoms with E-state index in [1.807, 2.05) is 6.07 Å². The molecule has 0 atom stereocenters. The van der Waals surface area contributed by atoms with E-state index < -0.39 is 0 Å². The Morgan fingerprint density at radius 1 is 1.07 bits per heavy atom. The summed E-state index contributed by atoms with van der Waals surface area (Å²) in [4.78, 5) is 7.17. The van der Waals surface area contributed by atoms with Gasteiger partial charge < -0.3 is 15.0 Å². The highest BCUT2D eigenvalue weighted by Crippen LogP contribution is 2.26. The molecule has 8 heteroatoms. The quantitative estimate of drug-likeness (QED) is 0.334. The van der Waals surface area contributed by atoms with E-state index in [4.69, 9.17) is 4.74 Å². The number of nitrogens with one attached hydrogen (secondary N) is 1. The summed E-state index contributed by atoms with van der Waals surface area (Å²) >= 11 is 1.73. The molecule has 1 N–H and O–H groups in total. The van der Waals surface area contributed by atoms with Gasteiger partial charge in [0.2, 0.25) is 0 Å². The van der Waals surface area contributed by atoms with Crippen molar-refractivity contribution in [3.8, 4) is 5.75 Å². The summed E-state index contributed by atoms with van der Waals surface area (Å²) in [7, 11) is 0. The summed E-state index contributed by atoms with van der Waals surface area (Å²) in [5.41, 5.74) is 1.08. The van der Waals surface area contributed by atoms with Gasteiger partial charge in [-0.2, -0.15) is 0 Å². The predicted octanol–water partition coefficient (Wildman–Crippen LogP) is 6.18. The van der Waals surface area contributed by atoms with E-state index in [1.165, 1.54) is 29.7 Å².